The van der Waals surface area contributed by atoms with Crippen LogP contribution in [-0.2, 0) is 6.61 Å². The molecule has 3 aromatic heterocycles. The van der Waals surface area contributed by atoms with Gasteiger partial charge in [-0.25, -0.2) is 14.4 Å². The Labute approximate surface area is 159 Å². The highest BCUT2D eigenvalue weighted by molar-refractivity contribution is 6.30. The molecular formula is C20H14ClFN4O. The molecule has 0 radical (unpaired) electrons. The van der Waals surface area contributed by atoms with Gasteiger partial charge in [-0.15, -0.1) is 0 Å². The highest BCUT2D eigenvalue weighted by Crippen LogP contribution is 2.32. The third-order valence-corrected chi connectivity index (χ3v) is 4.37. The fraction of sp³-hybridized carbons (Fsp3) is 0.0500. The van der Waals surface area contributed by atoms with E-state index in [9.17, 15) is 9.50 Å². The van der Waals surface area contributed by atoms with E-state index in [1.807, 2.05) is 6.07 Å². The van der Waals surface area contributed by atoms with Gasteiger partial charge in [-0.2, -0.15) is 0 Å². The van der Waals surface area contributed by atoms with E-state index < -0.39 is 5.82 Å². The van der Waals surface area contributed by atoms with Gasteiger partial charge in [0, 0.05) is 45.8 Å². The van der Waals surface area contributed by atoms with E-state index in [1.165, 1.54) is 18.2 Å². The number of hydrogen-bond donors (Lipinski definition) is 2. The van der Waals surface area contributed by atoms with Crippen molar-refractivity contribution in [1.82, 2.24) is 15.0 Å². The molecule has 134 valence electrons. The van der Waals surface area contributed by atoms with Crippen molar-refractivity contribution in [1.29, 1.82) is 0 Å². The number of nitrogens with zero attached hydrogens (tertiary/aromatic N) is 3. The highest BCUT2D eigenvalue weighted by atomic mass is 35.5. The largest absolute Gasteiger partial charge is 0.392 e. The average Bonchev–Trinajstić information content (AvgIpc) is 2.70. The monoisotopic (exact) mass is 380 g/mol. The molecule has 27 heavy (non-hydrogen) atoms. The number of fused-ring (bicyclic) bond motifs is 1. The van der Waals surface area contributed by atoms with Crippen molar-refractivity contribution in [3.05, 3.63) is 77.5 Å². The Morgan fingerprint density at radius 1 is 1.07 bits per heavy atom. The SMILES string of the molecule is OCc1cnccc1Nc1cc(-c2cc(Cl)ccc2F)nc2ncccc12. The normalized spacial score (nSPS) is 10.9. The Balaban J connectivity index is 1.90. The van der Waals surface area contributed by atoms with Crippen LogP contribution in [-0.4, -0.2) is 20.1 Å². The maximum absolute atomic E-state index is 14.4. The van der Waals surface area contributed by atoms with Crippen LogP contribution in [0.15, 0.2) is 61.1 Å². The van der Waals surface area contributed by atoms with Gasteiger partial charge in [-0.3, -0.25) is 4.98 Å². The second-order valence-corrected chi connectivity index (χ2v) is 6.31. The number of hydrogen-bond acceptors (Lipinski definition) is 5. The predicted octanol–water partition coefficient (Wildman–Crippen LogP) is 4.72. The molecule has 7 heteroatoms. The summed E-state index contributed by atoms with van der Waals surface area (Å²) in [6.07, 6.45) is 4.84. The number of halogens is 2. The van der Waals surface area contributed by atoms with Crippen LogP contribution in [0, 0.1) is 5.82 Å². The molecule has 0 aliphatic rings. The summed E-state index contributed by atoms with van der Waals surface area (Å²) in [7, 11) is 0. The smallest absolute Gasteiger partial charge is 0.161 e. The van der Waals surface area contributed by atoms with Gasteiger partial charge in [0.05, 0.1) is 18.0 Å². The molecule has 0 aliphatic carbocycles. The van der Waals surface area contributed by atoms with Crippen molar-refractivity contribution in [2.75, 3.05) is 5.32 Å². The van der Waals surface area contributed by atoms with Crippen LogP contribution in [0.3, 0.4) is 0 Å². The first-order valence-corrected chi connectivity index (χ1v) is 8.55. The van der Waals surface area contributed by atoms with Crippen LogP contribution in [0.1, 0.15) is 5.56 Å². The fourth-order valence-corrected chi connectivity index (χ4v) is 2.98. The van der Waals surface area contributed by atoms with Crippen molar-refractivity contribution in [3.8, 4) is 11.3 Å². The number of benzene rings is 1. The van der Waals surface area contributed by atoms with Crippen LogP contribution >= 0.6 is 11.6 Å². The lowest BCUT2D eigenvalue weighted by Gasteiger charge is -2.14. The number of aliphatic hydroxyl groups excluding tert-OH is 1. The van der Waals surface area contributed by atoms with E-state index in [4.69, 9.17) is 11.6 Å². The van der Waals surface area contributed by atoms with Gasteiger partial charge in [-0.1, -0.05) is 11.6 Å². The minimum Gasteiger partial charge on any atom is -0.392 e. The van der Waals surface area contributed by atoms with Crippen molar-refractivity contribution in [3.63, 3.8) is 0 Å². The molecule has 0 atom stereocenters. The van der Waals surface area contributed by atoms with E-state index in [0.717, 1.165) is 5.39 Å². The molecule has 0 aliphatic heterocycles. The zero-order chi connectivity index (χ0) is 18.8. The molecule has 0 bridgehead atoms. The maximum atomic E-state index is 14.4. The zero-order valence-electron chi connectivity index (χ0n) is 14.0. The number of aliphatic hydroxyl groups is 1. The van der Waals surface area contributed by atoms with Gasteiger partial charge >= 0.3 is 0 Å². The van der Waals surface area contributed by atoms with Gasteiger partial charge in [0.15, 0.2) is 5.65 Å². The third-order valence-electron chi connectivity index (χ3n) is 4.13. The Kier molecular flexibility index (Phi) is 4.66. The van der Waals surface area contributed by atoms with Gasteiger partial charge in [-0.05, 0) is 42.5 Å². The molecule has 3 heterocycles. The van der Waals surface area contributed by atoms with Crippen molar-refractivity contribution < 1.29 is 9.50 Å². The van der Waals surface area contributed by atoms with Crippen LogP contribution in [0.5, 0.6) is 0 Å². The van der Waals surface area contributed by atoms with Crippen LogP contribution in [0.25, 0.3) is 22.3 Å². The fourth-order valence-electron chi connectivity index (χ4n) is 2.81. The molecule has 0 unspecified atom stereocenters. The van der Waals surface area contributed by atoms with Crippen molar-refractivity contribution >= 4 is 34.0 Å². The zero-order valence-corrected chi connectivity index (χ0v) is 14.8. The van der Waals surface area contributed by atoms with E-state index in [0.29, 0.717) is 33.3 Å². The molecule has 5 nitrogen and oxygen atoms in total. The molecule has 1 aromatic carbocycles. The second-order valence-electron chi connectivity index (χ2n) is 5.87. The lowest BCUT2D eigenvalue weighted by atomic mass is 10.1. The molecule has 0 saturated heterocycles. The number of nitrogens with one attached hydrogen (secondary N) is 1. The van der Waals surface area contributed by atoms with Gasteiger partial charge in [0.1, 0.15) is 5.82 Å². The lowest BCUT2D eigenvalue weighted by molar-refractivity contribution is 0.282. The number of rotatable bonds is 4. The molecule has 2 N–H and O–H groups in total. The summed E-state index contributed by atoms with van der Waals surface area (Å²) in [5, 5.41) is 14.0. The topological polar surface area (TPSA) is 70.9 Å². The van der Waals surface area contributed by atoms with E-state index in [2.05, 4.69) is 20.3 Å². The molecular weight excluding hydrogens is 367 g/mol. The van der Waals surface area contributed by atoms with Gasteiger partial charge < -0.3 is 10.4 Å². The summed E-state index contributed by atoms with van der Waals surface area (Å²) < 4.78 is 14.4. The minimum absolute atomic E-state index is 0.160. The summed E-state index contributed by atoms with van der Waals surface area (Å²) in [5.41, 5.74) is 3.18. The van der Waals surface area contributed by atoms with Crippen LogP contribution in [0.2, 0.25) is 5.02 Å². The third kappa shape index (κ3) is 3.45. The lowest BCUT2D eigenvalue weighted by Crippen LogP contribution is -2.00. The van der Waals surface area contributed by atoms with Gasteiger partial charge in [0.2, 0.25) is 0 Å². The molecule has 0 spiro atoms. The first-order chi connectivity index (χ1) is 13.2. The Morgan fingerprint density at radius 2 is 1.96 bits per heavy atom. The van der Waals surface area contributed by atoms with Crippen LogP contribution in [0.4, 0.5) is 15.8 Å². The standard InChI is InChI=1S/C20H14ClFN4O/c21-13-3-4-16(22)15(8-13)19-9-18(14-2-1-6-24-20(14)26-19)25-17-5-7-23-10-12(17)11-27/h1-10,27H,11H2,(H,23,24,25,26). The van der Waals surface area contributed by atoms with E-state index in [-0.39, 0.29) is 12.2 Å². The summed E-state index contributed by atoms with van der Waals surface area (Å²) >= 11 is 6.03. The molecule has 0 saturated carbocycles. The maximum Gasteiger partial charge on any atom is 0.161 e. The Hall–Kier alpha value is -3.09. The summed E-state index contributed by atoms with van der Waals surface area (Å²) in [5.74, 6) is -0.423. The van der Waals surface area contributed by atoms with Gasteiger partial charge in [0.25, 0.3) is 0 Å². The summed E-state index contributed by atoms with van der Waals surface area (Å²) in [4.78, 5) is 12.8. The van der Waals surface area contributed by atoms with Crippen molar-refractivity contribution in [2.24, 2.45) is 0 Å². The number of aromatic nitrogens is 3. The molecule has 4 aromatic rings. The first kappa shape index (κ1) is 17.3. The summed E-state index contributed by atoms with van der Waals surface area (Å²) in [6, 6.07) is 11.5. The predicted molar refractivity (Wildman–Crippen MR) is 103 cm³/mol. The second kappa shape index (κ2) is 7.26. The summed E-state index contributed by atoms with van der Waals surface area (Å²) in [6.45, 7) is -0.160. The Bertz CT molecular complexity index is 1140. The highest BCUT2D eigenvalue weighted by Gasteiger charge is 2.13. The molecule has 0 amide bonds. The molecule has 4 rings (SSSR count). The van der Waals surface area contributed by atoms with Crippen molar-refractivity contribution in [2.45, 2.75) is 6.61 Å². The Morgan fingerprint density at radius 3 is 2.81 bits per heavy atom. The number of anilines is 2. The quantitative estimate of drug-likeness (QED) is 0.536. The number of pyridine rings is 3. The van der Waals surface area contributed by atoms with E-state index >= 15 is 0 Å². The first-order valence-electron chi connectivity index (χ1n) is 8.17. The van der Waals surface area contributed by atoms with E-state index in [1.54, 1.807) is 36.8 Å². The average molecular weight is 381 g/mol. The van der Waals surface area contributed by atoms with Crippen LogP contribution < -0.4 is 5.32 Å². The molecule has 0 fully saturated rings. The minimum atomic E-state index is -0.423.